The van der Waals surface area contributed by atoms with E-state index >= 15 is 0 Å². The number of hydrogen-bond donors (Lipinski definition) is 2. The molecule has 0 amide bonds. The fraction of sp³-hybridized carbons (Fsp3) is 0.533. The average Bonchev–Trinajstić information content (AvgIpc) is 3.15. The Morgan fingerprint density at radius 2 is 1.59 bits per heavy atom. The van der Waals surface area contributed by atoms with E-state index in [9.17, 15) is 19.8 Å². The Kier molecular flexibility index (Phi) is 5.61. The Morgan fingerprint density at radius 3 is 2.26 bits per heavy atom. The number of aromatic hydroxyl groups is 2. The van der Waals surface area contributed by atoms with Crippen molar-refractivity contribution in [1.29, 1.82) is 0 Å². The van der Waals surface area contributed by atoms with Gasteiger partial charge >= 0.3 is 0 Å². The summed E-state index contributed by atoms with van der Waals surface area (Å²) in [4.78, 5) is 26.9. The van der Waals surface area contributed by atoms with Gasteiger partial charge in [-0.2, -0.15) is 0 Å². The minimum absolute atomic E-state index is 0.0534. The van der Waals surface area contributed by atoms with Crippen molar-refractivity contribution in [3.63, 3.8) is 0 Å². The van der Waals surface area contributed by atoms with Crippen LogP contribution in [0.5, 0.6) is 11.5 Å². The summed E-state index contributed by atoms with van der Waals surface area (Å²) in [5.41, 5.74) is 3.09. The van der Waals surface area contributed by atoms with Crippen LogP contribution in [0, 0.1) is 23.2 Å². The lowest BCUT2D eigenvalue weighted by Crippen LogP contribution is -2.36. The smallest absolute Gasteiger partial charge is 0.198 e. The van der Waals surface area contributed by atoms with Crippen molar-refractivity contribution in [3.05, 3.63) is 57.6 Å². The molecule has 34 heavy (non-hydrogen) atoms. The van der Waals surface area contributed by atoms with Crippen molar-refractivity contribution in [3.8, 4) is 11.5 Å². The van der Waals surface area contributed by atoms with E-state index in [1.807, 2.05) is 0 Å². The molecule has 0 unspecified atom stereocenters. The van der Waals surface area contributed by atoms with Crippen molar-refractivity contribution < 1.29 is 19.8 Å². The average molecular weight is 461 g/mol. The zero-order chi connectivity index (χ0) is 24.4. The zero-order valence-electron chi connectivity index (χ0n) is 20.8. The number of fused-ring (bicyclic) bond motifs is 6. The molecule has 2 aromatic carbocycles. The van der Waals surface area contributed by atoms with E-state index in [0.29, 0.717) is 28.9 Å². The van der Waals surface area contributed by atoms with E-state index in [1.165, 1.54) is 43.4 Å². The lowest BCUT2D eigenvalue weighted by atomic mass is 9.59. The van der Waals surface area contributed by atoms with Gasteiger partial charge in [-0.3, -0.25) is 9.59 Å². The highest BCUT2D eigenvalue weighted by Crippen LogP contribution is 2.61. The predicted octanol–water partition coefficient (Wildman–Crippen LogP) is 6.78. The number of ketones is 2. The second-order valence-electron chi connectivity index (χ2n) is 11.6. The molecule has 3 aliphatic carbocycles. The molecule has 5 rings (SSSR count). The number of benzene rings is 2. The normalized spacial score (nSPS) is 26.1. The quantitative estimate of drug-likeness (QED) is 0.412. The van der Waals surface area contributed by atoms with Gasteiger partial charge in [0.15, 0.2) is 11.6 Å². The van der Waals surface area contributed by atoms with Crippen LogP contribution in [0.25, 0.3) is 0 Å². The maximum absolute atomic E-state index is 13.6. The molecule has 0 spiro atoms. The molecule has 4 nitrogen and oxygen atoms in total. The van der Waals surface area contributed by atoms with Crippen molar-refractivity contribution in [2.45, 2.75) is 78.6 Å². The van der Waals surface area contributed by atoms with Crippen LogP contribution in [-0.2, 0) is 6.42 Å². The van der Waals surface area contributed by atoms with E-state index in [2.05, 4.69) is 33.8 Å². The van der Waals surface area contributed by atoms with Crippen LogP contribution in [0.3, 0.4) is 0 Å². The van der Waals surface area contributed by atoms with Crippen LogP contribution < -0.4 is 0 Å². The maximum Gasteiger partial charge on any atom is 0.198 e. The van der Waals surface area contributed by atoms with Crippen molar-refractivity contribution in [2.24, 2.45) is 23.2 Å². The summed E-state index contributed by atoms with van der Waals surface area (Å²) in [5, 5.41) is 20.7. The summed E-state index contributed by atoms with van der Waals surface area (Å²) < 4.78 is 0. The largest absolute Gasteiger partial charge is 0.507 e. The third kappa shape index (κ3) is 3.32. The Balaban J connectivity index is 1.51. The van der Waals surface area contributed by atoms with Crippen LogP contribution in [0.15, 0.2) is 24.3 Å². The monoisotopic (exact) mass is 460 g/mol. The summed E-state index contributed by atoms with van der Waals surface area (Å²) in [6, 6.07) is 6.41. The summed E-state index contributed by atoms with van der Waals surface area (Å²) in [7, 11) is 0. The number of phenolic OH excluding ortho intramolecular Hbond substituents is 2. The molecule has 1 saturated carbocycles. The minimum Gasteiger partial charge on any atom is -0.507 e. The number of carbonyl (C=O) groups is 2. The van der Waals surface area contributed by atoms with Gasteiger partial charge in [0.05, 0.1) is 11.1 Å². The number of rotatable bonds is 5. The molecule has 2 N–H and O–H groups in total. The van der Waals surface area contributed by atoms with E-state index in [-0.39, 0.29) is 39.6 Å². The van der Waals surface area contributed by atoms with Crippen molar-refractivity contribution in [1.82, 2.24) is 0 Å². The SMILES string of the molecule is CC(C)CCC[C@@H](C)[C@H]1CC[C@H]2c3ccc4c(c3CC[C@]12C)C(=O)c1c(O)ccc(O)c1C4=O. The van der Waals surface area contributed by atoms with Gasteiger partial charge in [0, 0.05) is 11.1 Å². The zero-order valence-corrected chi connectivity index (χ0v) is 20.8. The third-order valence-corrected chi connectivity index (χ3v) is 9.26. The fourth-order valence-corrected chi connectivity index (χ4v) is 7.52. The highest BCUT2D eigenvalue weighted by Gasteiger charge is 2.52. The molecule has 0 saturated heterocycles. The van der Waals surface area contributed by atoms with E-state index in [1.54, 1.807) is 6.07 Å². The first-order chi connectivity index (χ1) is 16.1. The van der Waals surface area contributed by atoms with Crippen LogP contribution in [0.2, 0.25) is 0 Å². The lowest BCUT2D eigenvalue weighted by Gasteiger charge is -2.45. The van der Waals surface area contributed by atoms with Crippen LogP contribution in [-0.4, -0.2) is 21.8 Å². The van der Waals surface area contributed by atoms with E-state index < -0.39 is 0 Å². The second kappa shape index (κ2) is 8.25. The van der Waals surface area contributed by atoms with Gasteiger partial charge in [-0.15, -0.1) is 0 Å². The Morgan fingerprint density at radius 1 is 0.912 bits per heavy atom. The maximum atomic E-state index is 13.6. The highest BCUT2D eigenvalue weighted by molar-refractivity contribution is 6.30. The van der Waals surface area contributed by atoms with Crippen LogP contribution in [0.1, 0.15) is 115 Å². The number of phenols is 2. The summed E-state index contributed by atoms with van der Waals surface area (Å²) in [6.07, 6.45) is 7.96. The molecule has 2 aromatic rings. The molecular formula is C30H36O4. The van der Waals surface area contributed by atoms with Crippen molar-refractivity contribution >= 4 is 11.6 Å². The topological polar surface area (TPSA) is 74.6 Å². The molecule has 1 fully saturated rings. The molecule has 0 aliphatic heterocycles. The standard InChI is InChI=1S/C30H36O4/c1-16(2)6-5-7-17(3)21-10-11-22-18-8-9-20-25(19(18)14-15-30(21,22)4)29(34)27-24(32)13-12-23(31)26(27)28(20)33/h8-9,12-13,16-17,21-22,31-32H,5-7,10-11,14-15H2,1-4H3/t17-,21-,22+,30-/m1/s1. The minimum atomic E-state index is -0.378. The van der Waals surface area contributed by atoms with Crippen LogP contribution >= 0.6 is 0 Å². The van der Waals surface area contributed by atoms with Gasteiger partial charge in [-0.25, -0.2) is 0 Å². The first kappa shape index (κ1) is 23.1. The summed E-state index contributed by atoms with van der Waals surface area (Å²) >= 11 is 0. The molecule has 0 aromatic heterocycles. The van der Waals surface area contributed by atoms with Crippen LogP contribution in [0.4, 0.5) is 0 Å². The molecular weight excluding hydrogens is 424 g/mol. The highest BCUT2D eigenvalue weighted by atomic mass is 16.3. The third-order valence-electron chi connectivity index (χ3n) is 9.26. The van der Waals surface area contributed by atoms with Crippen molar-refractivity contribution in [2.75, 3.05) is 0 Å². The Bertz CT molecular complexity index is 1180. The molecule has 0 heterocycles. The van der Waals surface area contributed by atoms with Gasteiger partial charge in [0.1, 0.15) is 11.5 Å². The van der Waals surface area contributed by atoms with Gasteiger partial charge in [0.2, 0.25) is 0 Å². The summed E-state index contributed by atoms with van der Waals surface area (Å²) in [6.45, 7) is 9.46. The first-order valence-corrected chi connectivity index (χ1v) is 12.9. The number of hydrogen-bond acceptors (Lipinski definition) is 4. The number of carbonyl (C=O) groups excluding carboxylic acids is 2. The summed E-state index contributed by atoms with van der Waals surface area (Å²) in [5.74, 6) is 1.28. The second-order valence-corrected chi connectivity index (χ2v) is 11.6. The Hall–Kier alpha value is -2.62. The first-order valence-electron chi connectivity index (χ1n) is 12.9. The fourth-order valence-electron chi connectivity index (χ4n) is 7.52. The lowest BCUT2D eigenvalue weighted by molar-refractivity contribution is 0.0968. The molecule has 4 heteroatoms. The molecule has 0 radical (unpaired) electrons. The van der Waals surface area contributed by atoms with Gasteiger partial charge < -0.3 is 10.2 Å². The van der Waals surface area contributed by atoms with Gasteiger partial charge in [-0.05, 0) is 84.1 Å². The van der Waals surface area contributed by atoms with Gasteiger partial charge in [-0.1, -0.05) is 53.0 Å². The van der Waals surface area contributed by atoms with E-state index in [0.717, 1.165) is 30.7 Å². The van der Waals surface area contributed by atoms with E-state index in [4.69, 9.17) is 0 Å². The molecule has 3 aliphatic rings. The molecule has 180 valence electrons. The molecule has 0 bridgehead atoms. The Labute approximate surface area is 202 Å². The van der Waals surface area contributed by atoms with Gasteiger partial charge in [0.25, 0.3) is 0 Å². The molecule has 4 atom stereocenters. The predicted molar refractivity (Wildman–Crippen MR) is 133 cm³/mol.